The van der Waals surface area contributed by atoms with Crippen molar-refractivity contribution >= 4 is 16.8 Å². The number of piperidine rings is 1. The summed E-state index contributed by atoms with van der Waals surface area (Å²) >= 11 is 0. The minimum atomic E-state index is 0.738. The first-order valence-electron chi connectivity index (χ1n) is 6.72. The summed E-state index contributed by atoms with van der Waals surface area (Å²) in [6.07, 6.45) is 6.22. The molecule has 0 saturated carbocycles. The summed E-state index contributed by atoms with van der Waals surface area (Å²) in [5.41, 5.74) is 3.03. The lowest BCUT2D eigenvalue weighted by molar-refractivity contribution is 0.376. The molecule has 4 heterocycles. The molecule has 0 unspecified atom stereocenters. The fraction of sp³-hybridized carbons (Fsp3) is 0.500. The van der Waals surface area contributed by atoms with E-state index in [0.717, 1.165) is 36.1 Å². The van der Waals surface area contributed by atoms with E-state index >= 15 is 0 Å². The van der Waals surface area contributed by atoms with E-state index in [4.69, 9.17) is 4.42 Å². The van der Waals surface area contributed by atoms with Crippen LogP contribution in [0.25, 0.3) is 11.1 Å². The molecule has 0 aromatic carbocycles. The number of pyridine rings is 1. The van der Waals surface area contributed by atoms with Gasteiger partial charge in [-0.05, 0) is 25.3 Å². The van der Waals surface area contributed by atoms with Gasteiger partial charge < -0.3 is 14.6 Å². The van der Waals surface area contributed by atoms with Gasteiger partial charge in [-0.15, -0.1) is 0 Å². The Morgan fingerprint density at radius 1 is 1.39 bits per heavy atom. The molecule has 4 heteroatoms. The maximum atomic E-state index is 5.43. The minimum absolute atomic E-state index is 0.738. The van der Waals surface area contributed by atoms with Crippen LogP contribution in [0.15, 0.2) is 29.0 Å². The normalized spacial score (nSPS) is 27.7. The average molecular weight is 243 g/mol. The lowest BCUT2D eigenvalue weighted by Crippen LogP contribution is -2.44. The summed E-state index contributed by atoms with van der Waals surface area (Å²) in [4.78, 5) is 6.90. The molecule has 2 saturated heterocycles. The molecule has 2 atom stereocenters. The maximum Gasteiger partial charge on any atom is 0.154 e. The van der Waals surface area contributed by atoms with Crippen molar-refractivity contribution < 1.29 is 4.42 Å². The highest BCUT2D eigenvalue weighted by Gasteiger charge is 2.32. The number of aromatic nitrogens is 1. The van der Waals surface area contributed by atoms with Gasteiger partial charge >= 0.3 is 0 Å². The first-order chi connectivity index (χ1) is 8.90. The summed E-state index contributed by atoms with van der Waals surface area (Å²) in [5.74, 6) is 0.797. The standard InChI is InChI=1S/C14H17N3O/c1-4-15-12-2-5-17(9-10(1)12)11-7-14-13(16-8-11)3-6-18-14/h3,6-8,10,12,15H,1-2,4-5,9H2/t10-,12+/m0/s1. The third-order valence-corrected chi connectivity index (χ3v) is 4.31. The Hall–Kier alpha value is -1.55. The van der Waals surface area contributed by atoms with E-state index in [1.807, 2.05) is 12.3 Å². The van der Waals surface area contributed by atoms with Crippen LogP contribution in [0.5, 0.6) is 0 Å². The molecule has 0 amide bonds. The Morgan fingerprint density at radius 2 is 2.39 bits per heavy atom. The monoisotopic (exact) mass is 243 g/mol. The molecular weight excluding hydrogens is 226 g/mol. The number of hydrogen-bond acceptors (Lipinski definition) is 4. The predicted octanol–water partition coefficient (Wildman–Crippen LogP) is 2.02. The molecule has 2 aliphatic rings. The molecule has 0 radical (unpaired) electrons. The molecule has 2 aliphatic heterocycles. The zero-order valence-corrected chi connectivity index (χ0v) is 10.3. The van der Waals surface area contributed by atoms with Crippen LogP contribution >= 0.6 is 0 Å². The van der Waals surface area contributed by atoms with Crippen molar-refractivity contribution in [3.05, 3.63) is 24.6 Å². The van der Waals surface area contributed by atoms with Crippen LogP contribution in [0, 0.1) is 5.92 Å². The summed E-state index contributed by atoms with van der Waals surface area (Å²) in [7, 11) is 0. The highest BCUT2D eigenvalue weighted by Crippen LogP contribution is 2.29. The molecule has 2 aromatic heterocycles. The number of fused-ring (bicyclic) bond motifs is 2. The zero-order valence-electron chi connectivity index (χ0n) is 10.3. The van der Waals surface area contributed by atoms with Crippen LogP contribution in [-0.4, -0.2) is 30.7 Å². The van der Waals surface area contributed by atoms with E-state index in [1.165, 1.54) is 25.1 Å². The average Bonchev–Trinajstić information content (AvgIpc) is 3.05. The van der Waals surface area contributed by atoms with Crippen LogP contribution in [0.4, 0.5) is 5.69 Å². The van der Waals surface area contributed by atoms with Crippen LogP contribution in [0.3, 0.4) is 0 Å². The second-order valence-electron chi connectivity index (χ2n) is 5.34. The third kappa shape index (κ3) is 1.60. The summed E-state index contributed by atoms with van der Waals surface area (Å²) in [6, 6.07) is 4.76. The van der Waals surface area contributed by atoms with Crippen molar-refractivity contribution in [2.24, 2.45) is 5.92 Å². The molecular formula is C14H17N3O. The first kappa shape index (κ1) is 10.4. The maximum absolute atomic E-state index is 5.43. The Labute approximate surface area is 106 Å². The lowest BCUT2D eigenvalue weighted by atomic mass is 9.93. The third-order valence-electron chi connectivity index (χ3n) is 4.31. The number of hydrogen-bond donors (Lipinski definition) is 1. The van der Waals surface area contributed by atoms with Gasteiger partial charge in [0.05, 0.1) is 18.1 Å². The SMILES string of the molecule is c1cc2ncc(N3CC[C@H]4NCC[C@H]4C3)cc2o1. The van der Waals surface area contributed by atoms with Crippen molar-refractivity contribution in [3.63, 3.8) is 0 Å². The predicted molar refractivity (Wildman–Crippen MR) is 70.7 cm³/mol. The molecule has 4 nitrogen and oxygen atoms in total. The molecule has 1 N–H and O–H groups in total. The van der Waals surface area contributed by atoms with Crippen LogP contribution in [-0.2, 0) is 0 Å². The second kappa shape index (κ2) is 3.99. The lowest BCUT2D eigenvalue weighted by Gasteiger charge is -2.36. The number of nitrogens with zero attached hydrogens (tertiary/aromatic N) is 2. The van der Waals surface area contributed by atoms with Gasteiger partial charge in [-0.1, -0.05) is 0 Å². The van der Waals surface area contributed by atoms with Crippen molar-refractivity contribution in [1.29, 1.82) is 0 Å². The molecule has 0 bridgehead atoms. The topological polar surface area (TPSA) is 41.3 Å². The zero-order chi connectivity index (χ0) is 11.9. The van der Waals surface area contributed by atoms with E-state index in [1.54, 1.807) is 6.26 Å². The van der Waals surface area contributed by atoms with Gasteiger partial charge in [0, 0.05) is 31.3 Å². The highest BCUT2D eigenvalue weighted by atomic mass is 16.3. The molecule has 94 valence electrons. The Balaban J connectivity index is 1.62. The smallest absolute Gasteiger partial charge is 0.154 e. The summed E-state index contributed by atoms with van der Waals surface area (Å²) < 4.78 is 5.43. The quantitative estimate of drug-likeness (QED) is 0.832. The fourth-order valence-electron chi connectivity index (χ4n) is 3.29. The molecule has 2 aromatic rings. The summed E-state index contributed by atoms with van der Waals surface area (Å²) in [6.45, 7) is 3.44. The van der Waals surface area contributed by atoms with Crippen LogP contribution in [0.1, 0.15) is 12.8 Å². The number of anilines is 1. The highest BCUT2D eigenvalue weighted by molar-refractivity contribution is 5.76. The van der Waals surface area contributed by atoms with E-state index in [-0.39, 0.29) is 0 Å². The van der Waals surface area contributed by atoms with E-state index < -0.39 is 0 Å². The molecule has 0 spiro atoms. The van der Waals surface area contributed by atoms with Gasteiger partial charge in [0.15, 0.2) is 5.58 Å². The number of furan rings is 1. The molecule has 4 rings (SSSR count). The van der Waals surface area contributed by atoms with Gasteiger partial charge in [-0.3, -0.25) is 4.98 Å². The van der Waals surface area contributed by atoms with Gasteiger partial charge in [0.25, 0.3) is 0 Å². The van der Waals surface area contributed by atoms with Gasteiger partial charge in [0.2, 0.25) is 0 Å². The number of nitrogens with one attached hydrogen (secondary N) is 1. The Bertz CT molecular complexity index is 565. The fourth-order valence-corrected chi connectivity index (χ4v) is 3.29. The summed E-state index contributed by atoms with van der Waals surface area (Å²) in [5, 5.41) is 3.60. The van der Waals surface area contributed by atoms with Gasteiger partial charge in [-0.2, -0.15) is 0 Å². The Kier molecular flexibility index (Phi) is 2.30. The minimum Gasteiger partial charge on any atom is -0.463 e. The van der Waals surface area contributed by atoms with E-state index in [9.17, 15) is 0 Å². The number of rotatable bonds is 1. The molecule has 0 aliphatic carbocycles. The molecule has 18 heavy (non-hydrogen) atoms. The Morgan fingerprint density at radius 3 is 3.39 bits per heavy atom. The van der Waals surface area contributed by atoms with Crippen LogP contribution in [0.2, 0.25) is 0 Å². The molecule has 2 fully saturated rings. The van der Waals surface area contributed by atoms with Crippen molar-refractivity contribution in [2.75, 3.05) is 24.5 Å². The first-order valence-corrected chi connectivity index (χ1v) is 6.72. The second-order valence-corrected chi connectivity index (χ2v) is 5.34. The van der Waals surface area contributed by atoms with E-state index in [2.05, 4.69) is 21.3 Å². The largest absolute Gasteiger partial charge is 0.463 e. The van der Waals surface area contributed by atoms with Crippen molar-refractivity contribution in [2.45, 2.75) is 18.9 Å². The van der Waals surface area contributed by atoms with Crippen molar-refractivity contribution in [1.82, 2.24) is 10.3 Å². The van der Waals surface area contributed by atoms with Crippen molar-refractivity contribution in [3.8, 4) is 0 Å². The van der Waals surface area contributed by atoms with E-state index in [0.29, 0.717) is 0 Å². The van der Waals surface area contributed by atoms with Gasteiger partial charge in [-0.25, -0.2) is 0 Å². The van der Waals surface area contributed by atoms with Gasteiger partial charge in [0.1, 0.15) is 5.52 Å². The van der Waals surface area contributed by atoms with Crippen LogP contribution < -0.4 is 10.2 Å².